The molecule has 0 radical (unpaired) electrons. The summed E-state index contributed by atoms with van der Waals surface area (Å²) in [5, 5.41) is 7.44. The van der Waals surface area contributed by atoms with Gasteiger partial charge in [0.05, 0.1) is 18.1 Å². The molecule has 0 aliphatic rings. The molecule has 1 aromatic carbocycles. The highest BCUT2D eigenvalue weighted by Crippen LogP contribution is 2.36. The van der Waals surface area contributed by atoms with Gasteiger partial charge in [0.15, 0.2) is 11.5 Å². The van der Waals surface area contributed by atoms with Crippen LogP contribution < -0.4 is 14.9 Å². The molecular formula is C13H15BrN4O2. The Morgan fingerprint density at radius 1 is 1.40 bits per heavy atom. The molecule has 0 spiro atoms. The van der Waals surface area contributed by atoms with Gasteiger partial charge < -0.3 is 14.9 Å². The van der Waals surface area contributed by atoms with Crippen molar-refractivity contribution in [1.82, 2.24) is 14.9 Å². The Morgan fingerprint density at radius 3 is 2.80 bits per heavy atom. The molecule has 6 nitrogen and oxygen atoms in total. The Bertz CT molecular complexity index is 572. The number of nitrogens with zero attached hydrogens (tertiary/aromatic N) is 3. The van der Waals surface area contributed by atoms with E-state index < -0.39 is 0 Å². The highest BCUT2D eigenvalue weighted by Gasteiger charge is 2.11. The maximum Gasteiger partial charge on any atom is 0.175 e. The first-order valence-corrected chi connectivity index (χ1v) is 6.72. The van der Waals surface area contributed by atoms with E-state index in [0.29, 0.717) is 24.7 Å². The molecule has 2 rings (SSSR count). The molecule has 2 aromatic rings. The Morgan fingerprint density at radius 2 is 2.15 bits per heavy atom. The lowest BCUT2D eigenvalue weighted by Gasteiger charge is -2.14. The molecule has 0 saturated heterocycles. The molecular weight excluding hydrogens is 324 g/mol. The van der Waals surface area contributed by atoms with E-state index in [4.69, 9.17) is 9.47 Å². The Kier molecular flexibility index (Phi) is 5.00. The standard InChI is InChI=1S/C13H15BrN4O2/c1-3-4-20-13-11(14)5-10(6-12(13)19-2)7-17-18-8-15-16-9-18/h3,5-6,8-9,17H,1,4,7H2,2H3. The summed E-state index contributed by atoms with van der Waals surface area (Å²) in [6, 6.07) is 3.89. The van der Waals surface area contributed by atoms with Crippen molar-refractivity contribution in [3.05, 3.63) is 47.5 Å². The number of aromatic nitrogens is 3. The lowest BCUT2D eigenvalue weighted by atomic mass is 10.2. The van der Waals surface area contributed by atoms with E-state index in [9.17, 15) is 0 Å². The van der Waals surface area contributed by atoms with Gasteiger partial charge in [0.1, 0.15) is 19.3 Å². The third-order valence-corrected chi connectivity index (χ3v) is 3.11. The summed E-state index contributed by atoms with van der Waals surface area (Å²) >= 11 is 3.49. The van der Waals surface area contributed by atoms with Gasteiger partial charge in [-0.15, -0.1) is 10.2 Å². The molecule has 106 valence electrons. The zero-order chi connectivity index (χ0) is 14.4. The molecule has 20 heavy (non-hydrogen) atoms. The first-order valence-electron chi connectivity index (χ1n) is 5.93. The fourth-order valence-corrected chi connectivity index (χ4v) is 2.23. The van der Waals surface area contributed by atoms with Crippen LogP contribution in [0.4, 0.5) is 0 Å². The predicted octanol–water partition coefficient (Wildman–Crippen LogP) is 2.36. The van der Waals surface area contributed by atoms with Crippen molar-refractivity contribution in [2.24, 2.45) is 0 Å². The number of nitrogens with one attached hydrogen (secondary N) is 1. The van der Waals surface area contributed by atoms with Crippen LogP contribution in [0.15, 0.2) is 41.9 Å². The van der Waals surface area contributed by atoms with Crippen molar-refractivity contribution >= 4 is 15.9 Å². The summed E-state index contributed by atoms with van der Waals surface area (Å²) < 4.78 is 13.4. The van der Waals surface area contributed by atoms with Crippen LogP contribution in [0.25, 0.3) is 0 Å². The van der Waals surface area contributed by atoms with Gasteiger partial charge in [-0.1, -0.05) is 12.7 Å². The van der Waals surface area contributed by atoms with Crippen LogP contribution in [0.3, 0.4) is 0 Å². The summed E-state index contributed by atoms with van der Waals surface area (Å²) in [7, 11) is 1.61. The number of hydrogen-bond acceptors (Lipinski definition) is 5. The second kappa shape index (κ2) is 6.95. The predicted molar refractivity (Wildman–Crippen MR) is 79.5 cm³/mol. The van der Waals surface area contributed by atoms with Crippen LogP contribution >= 0.6 is 15.9 Å². The smallest absolute Gasteiger partial charge is 0.175 e. The Balaban J connectivity index is 2.14. The van der Waals surface area contributed by atoms with Gasteiger partial charge in [0, 0.05) is 0 Å². The van der Waals surface area contributed by atoms with Gasteiger partial charge >= 0.3 is 0 Å². The molecule has 0 aliphatic carbocycles. The van der Waals surface area contributed by atoms with Crippen LogP contribution in [-0.4, -0.2) is 28.6 Å². The molecule has 1 heterocycles. The molecule has 0 bridgehead atoms. The first-order chi connectivity index (χ1) is 9.74. The van der Waals surface area contributed by atoms with E-state index in [-0.39, 0.29) is 0 Å². The van der Waals surface area contributed by atoms with Crippen molar-refractivity contribution < 1.29 is 9.47 Å². The summed E-state index contributed by atoms with van der Waals surface area (Å²) in [5.41, 5.74) is 4.18. The molecule has 0 atom stereocenters. The monoisotopic (exact) mass is 338 g/mol. The number of halogens is 1. The molecule has 0 unspecified atom stereocenters. The fourth-order valence-electron chi connectivity index (χ4n) is 1.62. The van der Waals surface area contributed by atoms with E-state index in [2.05, 4.69) is 38.1 Å². The van der Waals surface area contributed by atoms with Crippen molar-refractivity contribution in [3.8, 4) is 11.5 Å². The first kappa shape index (κ1) is 14.4. The third-order valence-electron chi connectivity index (χ3n) is 2.52. The van der Waals surface area contributed by atoms with Crippen molar-refractivity contribution in [2.75, 3.05) is 19.1 Å². The van der Waals surface area contributed by atoms with Crippen LogP contribution in [-0.2, 0) is 6.54 Å². The second-order valence-electron chi connectivity index (χ2n) is 3.91. The van der Waals surface area contributed by atoms with Gasteiger partial charge in [-0.25, -0.2) is 4.68 Å². The number of hydrogen-bond donors (Lipinski definition) is 1. The van der Waals surface area contributed by atoms with Crippen molar-refractivity contribution in [2.45, 2.75) is 6.54 Å². The van der Waals surface area contributed by atoms with Gasteiger partial charge in [-0.2, -0.15) is 0 Å². The number of ether oxygens (including phenoxy) is 2. The molecule has 1 aromatic heterocycles. The lowest BCUT2D eigenvalue weighted by Crippen LogP contribution is -2.12. The fraction of sp³-hybridized carbons (Fsp3) is 0.231. The molecule has 0 fully saturated rings. The van der Waals surface area contributed by atoms with Crippen LogP contribution in [0.5, 0.6) is 11.5 Å². The van der Waals surface area contributed by atoms with Gasteiger partial charge in [-0.05, 0) is 33.6 Å². The SMILES string of the molecule is C=CCOc1c(Br)cc(CNn2cnnc2)cc1OC. The zero-order valence-corrected chi connectivity index (χ0v) is 12.6. The average molecular weight is 339 g/mol. The number of rotatable bonds is 7. The van der Waals surface area contributed by atoms with E-state index >= 15 is 0 Å². The Labute approximate surface area is 125 Å². The Hall–Kier alpha value is -2.02. The van der Waals surface area contributed by atoms with E-state index in [0.717, 1.165) is 10.0 Å². The van der Waals surface area contributed by atoms with Crippen LogP contribution in [0, 0.1) is 0 Å². The summed E-state index contributed by atoms with van der Waals surface area (Å²) in [4.78, 5) is 0. The highest BCUT2D eigenvalue weighted by atomic mass is 79.9. The van der Waals surface area contributed by atoms with Gasteiger partial charge in [0.2, 0.25) is 0 Å². The minimum Gasteiger partial charge on any atom is -0.493 e. The minimum atomic E-state index is 0.424. The quantitative estimate of drug-likeness (QED) is 0.785. The molecule has 1 N–H and O–H groups in total. The topological polar surface area (TPSA) is 61.2 Å². The summed E-state index contributed by atoms with van der Waals surface area (Å²) in [5.74, 6) is 1.34. The summed E-state index contributed by atoms with van der Waals surface area (Å²) in [6.07, 6.45) is 4.87. The second-order valence-corrected chi connectivity index (χ2v) is 4.77. The number of methoxy groups -OCH3 is 1. The molecule has 0 amide bonds. The zero-order valence-electron chi connectivity index (χ0n) is 11.0. The van der Waals surface area contributed by atoms with Gasteiger partial charge in [-0.3, -0.25) is 0 Å². The van der Waals surface area contributed by atoms with Crippen molar-refractivity contribution in [3.63, 3.8) is 0 Å². The third kappa shape index (κ3) is 3.51. The molecule has 0 aliphatic heterocycles. The summed E-state index contributed by atoms with van der Waals surface area (Å²) in [6.45, 7) is 4.66. The normalized spacial score (nSPS) is 10.1. The minimum absolute atomic E-state index is 0.424. The highest BCUT2D eigenvalue weighted by molar-refractivity contribution is 9.10. The van der Waals surface area contributed by atoms with Crippen LogP contribution in [0.2, 0.25) is 0 Å². The molecule has 7 heteroatoms. The van der Waals surface area contributed by atoms with Crippen LogP contribution in [0.1, 0.15) is 5.56 Å². The average Bonchev–Trinajstić information content (AvgIpc) is 2.96. The lowest BCUT2D eigenvalue weighted by molar-refractivity contribution is 0.324. The van der Waals surface area contributed by atoms with E-state index in [1.165, 1.54) is 0 Å². The number of benzene rings is 1. The molecule has 0 saturated carbocycles. The maximum atomic E-state index is 5.58. The maximum absolute atomic E-state index is 5.58. The van der Waals surface area contributed by atoms with E-state index in [1.54, 1.807) is 30.5 Å². The van der Waals surface area contributed by atoms with Gasteiger partial charge in [0.25, 0.3) is 0 Å². The van der Waals surface area contributed by atoms with Crippen molar-refractivity contribution in [1.29, 1.82) is 0 Å². The largest absolute Gasteiger partial charge is 0.493 e. The van der Waals surface area contributed by atoms with E-state index in [1.807, 2.05) is 12.1 Å².